The Morgan fingerprint density at radius 2 is 0.521 bits per heavy atom. The lowest BCUT2D eigenvalue weighted by Gasteiger charge is -2.07. The van der Waals surface area contributed by atoms with E-state index >= 15 is 0 Å². The summed E-state index contributed by atoms with van der Waals surface area (Å²) in [5.41, 5.74) is 23.9. The fraction of sp³-hybridized carbons (Fsp3) is 0.250. The van der Waals surface area contributed by atoms with Gasteiger partial charge in [-0.2, -0.15) is 0 Å². The molecular weight excluding hydrogens is 1140 g/mol. The zero-order chi connectivity index (χ0) is 86.0. The number of pyridine rings is 6. The minimum Gasteiger partial charge on any atom is -0.201 e. The van der Waals surface area contributed by atoms with E-state index in [4.69, 9.17) is 28.8 Å². The summed E-state index contributed by atoms with van der Waals surface area (Å²) in [5.74, 6) is 0. The summed E-state index contributed by atoms with van der Waals surface area (Å²) in [5, 5.41) is 0. The third-order valence-corrected chi connectivity index (χ3v) is 16.4. The standard InChI is InChI=1S/C16H20N.3C15H18N.C14H16N.C13H14N/c1-11-6-7-15(13(3)8-11)16-9-12(2)14(4)10-17(16)5;1-11-5-7-14(13(3)9-11)15-8-6-12(2)10-16(15)4;1-11-5-6-14(13(3)9-11)15-10-12(2)7-8-16(15)4;1-11-7-5-6-8-14(11)15-9-12(2)13(3)10-16(15)4;1-11-8-9-14(15(3)10-11)13-7-5-4-6-12(13)2;1-11-7-3-4-8-12(11)13-9-5-6-10-14(13)2/h6-10H,1-5H3;3*5-10H,1-4H3;4-10H,1-3H3;3-10H,1-2H3/q6*+1/i1D3,4D3;1D3,2D3;1D3;3D3;1D3;. The molecule has 0 amide bonds. The highest BCUT2D eigenvalue weighted by molar-refractivity contribution is 5.66. The van der Waals surface area contributed by atoms with Gasteiger partial charge in [-0.25, -0.2) is 27.4 Å². The first-order valence-electron chi connectivity index (χ1n) is 41.6. The molecule has 94 heavy (non-hydrogen) atoms. The summed E-state index contributed by atoms with van der Waals surface area (Å²) < 4.78 is 169. The van der Waals surface area contributed by atoms with Crippen LogP contribution in [-0.4, -0.2) is 0 Å². The molecule has 12 aromatic rings. The second-order valence-corrected chi connectivity index (χ2v) is 24.0. The molecule has 0 aliphatic heterocycles. The van der Waals surface area contributed by atoms with Gasteiger partial charge in [-0.05, 0) is 215 Å². The Morgan fingerprint density at radius 1 is 0.202 bits per heavy atom. The first-order chi connectivity index (χ1) is 53.2. The third kappa shape index (κ3) is 19.2. The zero-order valence-corrected chi connectivity index (χ0v) is 57.1. The van der Waals surface area contributed by atoms with Crippen molar-refractivity contribution in [2.75, 3.05) is 0 Å². The topological polar surface area (TPSA) is 23.3 Å². The molecule has 0 N–H and O–H groups in total. The lowest BCUT2D eigenvalue weighted by atomic mass is 10.0. The van der Waals surface area contributed by atoms with Crippen molar-refractivity contribution in [2.45, 2.75) is 110 Å². The van der Waals surface area contributed by atoms with Gasteiger partial charge in [-0.1, -0.05) is 108 Å². The molecule has 0 spiro atoms. The average Bonchev–Trinajstić information content (AvgIpc) is 0.819. The third-order valence-electron chi connectivity index (χ3n) is 16.4. The van der Waals surface area contributed by atoms with Gasteiger partial charge in [0, 0.05) is 133 Å². The summed E-state index contributed by atoms with van der Waals surface area (Å²) in [4.78, 5) is 0. The molecule has 0 atom stereocenters. The first-order valence-corrected chi connectivity index (χ1v) is 31.1. The van der Waals surface area contributed by atoms with E-state index in [9.17, 15) is 0 Å². The van der Waals surface area contributed by atoms with Gasteiger partial charge in [0.15, 0.2) is 37.2 Å². The minimum absolute atomic E-state index is 0.274. The van der Waals surface area contributed by atoms with Crippen LogP contribution in [0.15, 0.2) is 231 Å². The van der Waals surface area contributed by atoms with Crippen molar-refractivity contribution in [2.24, 2.45) is 42.3 Å². The Balaban J connectivity index is 0.000000192. The van der Waals surface area contributed by atoms with Crippen LogP contribution < -0.4 is 27.4 Å². The number of benzene rings is 6. The molecule has 0 unspecified atom stereocenters. The number of aromatic nitrogens is 6. The number of hydrogen-bond acceptors (Lipinski definition) is 0. The van der Waals surface area contributed by atoms with Crippen molar-refractivity contribution >= 4 is 0 Å². The predicted octanol–water partition coefficient (Wildman–Crippen LogP) is 18.0. The molecule has 0 saturated carbocycles. The van der Waals surface area contributed by atoms with E-state index in [2.05, 4.69) is 99.2 Å². The van der Waals surface area contributed by atoms with Crippen LogP contribution in [0, 0.1) is 110 Å². The van der Waals surface area contributed by atoms with E-state index in [0.717, 1.165) is 78.5 Å². The van der Waals surface area contributed by atoms with E-state index in [1.165, 1.54) is 33.5 Å². The molecule has 6 heteroatoms. The van der Waals surface area contributed by atoms with Crippen LogP contribution in [0.5, 0.6) is 0 Å². The van der Waals surface area contributed by atoms with Crippen molar-refractivity contribution in [1.82, 2.24) is 0 Å². The maximum atomic E-state index is 7.58. The molecule has 6 aromatic heterocycles. The molecule has 12 rings (SSSR count). The van der Waals surface area contributed by atoms with Crippen molar-refractivity contribution < 1.29 is 56.2 Å². The maximum Gasteiger partial charge on any atom is 0.212 e. The second kappa shape index (κ2) is 33.2. The number of rotatable bonds is 6. The number of nitrogens with zero attached hydrogens (tertiary/aromatic N) is 6. The van der Waals surface area contributed by atoms with Crippen LogP contribution in [0.25, 0.3) is 67.5 Å². The van der Waals surface area contributed by atoms with Crippen LogP contribution in [0.1, 0.15) is 118 Å². The van der Waals surface area contributed by atoms with E-state index in [0.29, 0.717) is 38.9 Å². The number of hydrogen-bond donors (Lipinski definition) is 0. The molecule has 0 saturated heterocycles. The SMILES string of the molecule is Cc1ccccc1-c1cccc[n+]1C.[2H]C([2H])([2H])c1c[n+](C)c(-c2ccccc2C)cc1C.[2H]C([2H])([2H])c1ccc(-c2cc(C)c(C([2H])([2H])[2H])c[n+]2C)c(C)c1.[2H]C([2H])([2H])c1ccc(-c2cc(C)cc[n+]2C)c(C)c1.[2H]C([2H])([2H])c1ccc(-c2ccc(C([2H])([2H])[2H])c[n+]2C)c(C)c1.[2H]C([2H])([2H])c1ccc(-c2ccccc2C)[n+](C)c1. The van der Waals surface area contributed by atoms with Crippen LogP contribution in [0.3, 0.4) is 0 Å². The normalized spacial score (nSPS) is 14.7. The highest BCUT2D eigenvalue weighted by atomic mass is 14.9. The van der Waals surface area contributed by atoms with Crippen molar-refractivity contribution in [3.05, 3.63) is 320 Å². The lowest BCUT2D eigenvalue weighted by Crippen LogP contribution is -2.31. The first kappa shape index (κ1) is 47.2. The summed E-state index contributed by atoms with van der Waals surface area (Å²) in [6, 6.07) is 61.1. The quantitative estimate of drug-likeness (QED) is 0.148. The Hall–Kier alpha value is -9.78. The van der Waals surface area contributed by atoms with E-state index < -0.39 is 48.0 Å². The Bertz CT molecular complexity index is 5310. The van der Waals surface area contributed by atoms with Crippen LogP contribution >= 0.6 is 0 Å². The fourth-order valence-corrected chi connectivity index (χ4v) is 11.0. The predicted molar refractivity (Wildman–Crippen MR) is 394 cm³/mol. The summed E-state index contributed by atoms with van der Waals surface area (Å²) in [6.45, 7) is 2.87. The Kier molecular flexibility index (Phi) is 16.6. The molecule has 0 bridgehead atoms. The summed E-state index contributed by atoms with van der Waals surface area (Å²) >= 11 is 0. The molecule has 6 aromatic carbocycles. The van der Waals surface area contributed by atoms with Crippen LogP contribution in [0.2, 0.25) is 0 Å². The Morgan fingerprint density at radius 3 is 0.883 bits per heavy atom. The smallest absolute Gasteiger partial charge is 0.201 e. The van der Waals surface area contributed by atoms with Crippen molar-refractivity contribution in [1.29, 1.82) is 0 Å². The largest absolute Gasteiger partial charge is 0.212 e. The minimum atomic E-state index is -2.15. The highest BCUT2D eigenvalue weighted by Gasteiger charge is 2.18. The van der Waals surface area contributed by atoms with Gasteiger partial charge in [0.05, 0.1) is 0 Å². The van der Waals surface area contributed by atoms with Gasteiger partial charge < -0.3 is 0 Å². The van der Waals surface area contributed by atoms with Gasteiger partial charge >= 0.3 is 0 Å². The molecular formula is C88H104N6+6. The highest BCUT2D eigenvalue weighted by Crippen LogP contribution is 2.27. The number of aryl methyl sites for hydroxylation is 22. The van der Waals surface area contributed by atoms with E-state index in [-0.39, 0.29) is 5.56 Å². The van der Waals surface area contributed by atoms with Crippen molar-refractivity contribution in [3.8, 4) is 67.5 Å². The Labute approximate surface area is 594 Å². The van der Waals surface area contributed by atoms with Crippen molar-refractivity contribution in [3.63, 3.8) is 0 Å². The van der Waals surface area contributed by atoms with Crippen LogP contribution in [-0.2, 0) is 42.3 Å². The van der Waals surface area contributed by atoms with Gasteiger partial charge in [-0.15, -0.1) is 0 Å². The maximum absolute atomic E-state index is 7.58. The van der Waals surface area contributed by atoms with Gasteiger partial charge in [0.25, 0.3) is 0 Å². The molecule has 0 fully saturated rings. The second-order valence-electron chi connectivity index (χ2n) is 24.0. The lowest BCUT2D eigenvalue weighted by molar-refractivity contribution is -0.660. The molecule has 0 aliphatic rings. The van der Waals surface area contributed by atoms with Gasteiger partial charge in [-0.3, -0.25) is 0 Å². The van der Waals surface area contributed by atoms with Crippen LogP contribution in [0.4, 0.5) is 0 Å². The fourth-order valence-electron chi connectivity index (χ4n) is 11.0. The van der Waals surface area contributed by atoms with E-state index in [1.807, 2.05) is 142 Å². The van der Waals surface area contributed by atoms with E-state index in [1.54, 1.807) is 122 Å². The molecule has 6 heterocycles. The molecule has 480 valence electrons. The molecule has 0 radical (unpaired) electrons. The average molecular weight is 1270 g/mol. The summed E-state index contributed by atoms with van der Waals surface area (Å²) in [7, 11) is 11.4. The molecule has 6 nitrogen and oxygen atoms in total. The molecule has 0 aliphatic carbocycles. The summed E-state index contributed by atoms with van der Waals surface area (Å²) in [6.07, 6.45) is 10.7. The monoisotopic (exact) mass is 1270 g/mol. The van der Waals surface area contributed by atoms with Gasteiger partial charge in [0.1, 0.15) is 42.3 Å². The van der Waals surface area contributed by atoms with Gasteiger partial charge in [0.2, 0.25) is 34.2 Å². The zero-order valence-electron chi connectivity index (χ0n) is 78.1.